The summed E-state index contributed by atoms with van der Waals surface area (Å²) in [6.45, 7) is 7.83. The van der Waals surface area contributed by atoms with Crippen LogP contribution in [0.2, 0.25) is 0 Å². The zero-order valence-electron chi connectivity index (χ0n) is 15.1. The van der Waals surface area contributed by atoms with Gasteiger partial charge in [0.05, 0.1) is 10.8 Å². The van der Waals surface area contributed by atoms with E-state index in [0.717, 1.165) is 11.1 Å². The summed E-state index contributed by atoms with van der Waals surface area (Å²) in [5.74, 6) is -0.196. The van der Waals surface area contributed by atoms with Gasteiger partial charge in [-0.05, 0) is 12.5 Å². The van der Waals surface area contributed by atoms with Gasteiger partial charge in [-0.15, -0.1) is 0 Å². The summed E-state index contributed by atoms with van der Waals surface area (Å²) in [5, 5.41) is 3.37. The molecule has 0 unspecified atom stereocenters. The minimum Gasteiger partial charge on any atom is -0.350 e. The maximum atomic E-state index is 12.2. The van der Waals surface area contributed by atoms with E-state index < -0.39 is 5.41 Å². The van der Waals surface area contributed by atoms with Crippen LogP contribution in [0.3, 0.4) is 0 Å². The second-order valence-electron chi connectivity index (χ2n) is 7.13. The van der Waals surface area contributed by atoms with Crippen LogP contribution in [0.25, 0.3) is 0 Å². The molecule has 0 radical (unpaired) electrons. The smallest absolute Gasteiger partial charge is 0.240 e. The third kappa shape index (κ3) is 5.46. The minimum absolute atomic E-state index is 0.0604. The van der Waals surface area contributed by atoms with E-state index in [1.807, 2.05) is 52.0 Å². The normalized spacial score (nSPS) is 16.4. The second kappa shape index (κ2) is 7.87. The third-order valence-electron chi connectivity index (χ3n) is 3.82. The van der Waals surface area contributed by atoms with E-state index in [1.165, 1.54) is 22.7 Å². The van der Waals surface area contributed by atoms with Crippen LogP contribution in [0.5, 0.6) is 0 Å². The Morgan fingerprint density at radius 1 is 1.24 bits per heavy atom. The summed E-state index contributed by atoms with van der Waals surface area (Å²) in [6, 6.07) is 7.89. The number of ketones is 1. The van der Waals surface area contributed by atoms with Gasteiger partial charge >= 0.3 is 0 Å². The van der Waals surface area contributed by atoms with Gasteiger partial charge in [0, 0.05) is 18.0 Å². The van der Waals surface area contributed by atoms with Crippen molar-refractivity contribution in [3.63, 3.8) is 0 Å². The highest BCUT2D eigenvalue weighted by molar-refractivity contribution is 8.04. The van der Waals surface area contributed by atoms with Gasteiger partial charge in [-0.25, -0.2) is 0 Å². The number of amides is 2. The molecule has 0 aromatic heterocycles. The molecule has 2 amide bonds. The molecule has 5 nitrogen and oxygen atoms in total. The van der Waals surface area contributed by atoms with Crippen molar-refractivity contribution in [2.24, 2.45) is 5.41 Å². The predicted molar refractivity (Wildman–Crippen MR) is 99.7 cm³/mol. The van der Waals surface area contributed by atoms with Crippen molar-refractivity contribution in [3.8, 4) is 0 Å². The van der Waals surface area contributed by atoms with Crippen molar-refractivity contribution in [2.45, 2.75) is 34.2 Å². The van der Waals surface area contributed by atoms with Gasteiger partial charge < -0.3 is 5.32 Å². The first kappa shape index (κ1) is 19.2. The van der Waals surface area contributed by atoms with Gasteiger partial charge in [-0.2, -0.15) is 0 Å². The van der Waals surface area contributed by atoms with Crippen LogP contribution in [0.4, 0.5) is 0 Å². The number of benzene rings is 1. The summed E-state index contributed by atoms with van der Waals surface area (Å²) in [7, 11) is 0. The lowest BCUT2D eigenvalue weighted by Crippen LogP contribution is -2.37. The molecule has 1 N–H and O–H groups in total. The summed E-state index contributed by atoms with van der Waals surface area (Å²) in [5.41, 5.74) is 1.64. The standard InChI is InChI=1S/C19H24N2O3S/c1-13-5-7-14(8-6-13)10-20-16(23)11-21-17(24)12-25-18(21)9-15(22)19(2,3)4/h5-9H,10-12H2,1-4H3,(H,20,23)/b18-9-. The SMILES string of the molecule is Cc1ccc(CNC(=O)CN2C(=O)CS/C2=C\C(=O)C(C)(C)C)cc1. The molecule has 1 aliphatic rings. The zero-order valence-corrected chi connectivity index (χ0v) is 15.9. The van der Waals surface area contributed by atoms with Crippen molar-refractivity contribution >= 4 is 29.4 Å². The van der Waals surface area contributed by atoms with E-state index in [1.54, 1.807) is 0 Å². The summed E-state index contributed by atoms with van der Waals surface area (Å²) < 4.78 is 0. The fraction of sp³-hybridized carbons (Fsp3) is 0.421. The van der Waals surface area contributed by atoms with Gasteiger partial charge in [-0.3, -0.25) is 19.3 Å². The van der Waals surface area contributed by atoms with Crippen LogP contribution in [0, 0.1) is 12.3 Å². The highest BCUT2D eigenvalue weighted by atomic mass is 32.2. The molecule has 1 aromatic carbocycles. The number of rotatable bonds is 5. The topological polar surface area (TPSA) is 66.5 Å². The Morgan fingerprint density at radius 2 is 1.88 bits per heavy atom. The van der Waals surface area contributed by atoms with Gasteiger partial charge in [0.2, 0.25) is 11.8 Å². The maximum absolute atomic E-state index is 12.2. The first-order valence-corrected chi connectivity index (χ1v) is 9.17. The third-order valence-corrected chi connectivity index (χ3v) is 4.84. The molecule has 0 aliphatic carbocycles. The van der Waals surface area contributed by atoms with E-state index in [-0.39, 0.29) is 29.9 Å². The van der Waals surface area contributed by atoms with E-state index in [2.05, 4.69) is 5.32 Å². The van der Waals surface area contributed by atoms with E-state index >= 15 is 0 Å². The van der Waals surface area contributed by atoms with Crippen molar-refractivity contribution in [2.75, 3.05) is 12.3 Å². The van der Waals surface area contributed by atoms with Gasteiger partial charge in [-0.1, -0.05) is 62.4 Å². The number of nitrogens with one attached hydrogen (secondary N) is 1. The molecule has 6 heteroatoms. The molecule has 0 bridgehead atoms. The average Bonchev–Trinajstić information content (AvgIpc) is 2.86. The number of allylic oxidation sites excluding steroid dienone is 1. The zero-order chi connectivity index (χ0) is 18.6. The van der Waals surface area contributed by atoms with Crippen molar-refractivity contribution < 1.29 is 14.4 Å². The van der Waals surface area contributed by atoms with Crippen LogP contribution in [0.1, 0.15) is 31.9 Å². The highest BCUT2D eigenvalue weighted by Gasteiger charge is 2.30. The Balaban J connectivity index is 1.97. The van der Waals surface area contributed by atoms with Crippen molar-refractivity contribution in [1.82, 2.24) is 10.2 Å². The summed E-state index contributed by atoms with van der Waals surface area (Å²) in [4.78, 5) is 37.8. The molecule has 2 rings (SSSR count). The lowest BCUT2D eigenvalue weighted by atomic mass is 9.91. The molecule has 1 fully saturated rings. The molecule has 1 aromatic rings. The number of carbonyl (C=O) groups is 3. The van der Waals surface area contributed by atoms with Crippen molar-refractivity contribution in [1.29, 1.82) is 0 Å². The quantitative estimate of drug-likeness (QED) is 0.820. The lowest BCUT2D eigenvalue weighted by molar-refractivity contribution is -0.131. The van der Waals surface area contributed by atoms with Crippen LogP contribution >= 0.6 is 11.8 Å². The van der Waals surface area contributed by atoms with E-state index in [4.69, 9.17) is 0 Å². The molecule has 134 valence electrons. The van der Waals surface area contributed by atoms with Gasteiger partial charge in [0.25, 0.3) is 0 Å². The maximum Gasteiger partial charge on any atom is 0.240 e. The van der Waals surface area contributed by atoms with Crippen LogP contribution in [-0.2, 0) is 20.9 Å². The highest BCUT2D eigenvalue weighted by Crippen LogP contribution is 2.30. The molecule has 1 aliphatic heterocycles. The molecular weight excluding hydrogens is 336 g/mol. The molecule has 0 saturated carbocycles. The van der Waals surface area contributed by atoms with Crippen LogP contribution in [-0.4, -0.2) is 34.8 Å². The predicted octanol–water partition coefficient (Wildman–Crippen LogP) is 2.64. The van der Waals surface area contributed by atoms with Crippen LogP contribution < -0.4 is 5.32 Å². The minimum atomic E-state index is -0.515. The Labute approximate surface area is 152 Å². The number of hydrogen-bond acceptors (Lipinski definition) is 4. The Kier molecular flexibility index (Phi) is 6.06. The molecule has 1 saturated heterocycles. The van der Waals surface area contributed by atoms with Crippen molar-refractivity contribution in [3.05, 3.63) is 46.5 Å². The summed E-state index contributed by atoms with van der Waals surface area (Å²) in [6.07, 6.45) is 1.48. The molecule has 25 heavy (non-hydrogen) atoms. The number of hydrogen-bond donors (Lipinski definition) is 1. The average molecular weight is 360 g/mol. The van der Waals surface area contributed by atoms with Crippen LogP contribution in [0.15, 0.2) is 35.4 Å². The fourth-order valence-electron chi connectivity index (χ4n) is 2.13. The first-order valence-electron chi connectivity index (χ1n) is 8.18. The Bertz CT molecular complexity index is 702. The van der Waals surface area contributed by atoms with Gasteiger partial charge in [0.1, 0.15) is 6.54 Å². The Hall–Kier alpha value is -2.08. The first-order chi connectivity index (χ1) is 11.7. The summed E-state index contributed by atoms with van der Waals surface area (Å²) >= 11 is 1.30. The number of nitrogens with zero attached hydrogens (tertiary/aromatic N) is 1. The number of aryl methyl sites for hydroxylation is 1. The Morgan fingerprint density at radius 3 is 2.48 bits per heavy atom. The molecular formula is C19H24N2O3S. The monoisotopic (exact) mass is 360 g/mol. The lowest BCUT2D eigenvalue weighted by Gasteiger charge is -2.19. The van der Waals surface area contributed by atoms with E-state index in [9.17, 15) is 14.4 Å². The number of thioether (sulfide) groups is 1. The molecule has 0 spiro atoms. The number of carbonyl (C=O) groups excluding carboxylic acids is 3. The molecule has 1 heterocycles. The van der Waals surface area contributed by atoms with Gasteiger partial charge in [0.15, 0.2) is 5.78 Å². The second-order valence-corrected chi connectivity index (χ2v) is 8.12. The largest absolute Gasteiger partial charge is 0.350 e. The fourth-order valence-corrected chi connectivity index (χ4v) is 3.07. The molecule has 0 atom stereocenters. The van der Waals surface area contributed by atoms with E-state index in [0.29, 0.717) is 11.6 Å².